The standard InChI is InChI=1S/C23H27ClN2O3/c24-21-7-3-4-8-22(21)29-16-19(27)15-25-12-10-18(11-13-25)26-14-9-17-5-1-2-6-20(17)23(26)28/h1-8,18-19,27H,9-16H2. The highest BCUT2D eigenvalue weighted by Gasteiger charge is 2.32. The smallest absolute Gasteiger partial charge is 0.254 e. The fourth-order valence-electron chi connectivity index (χ4n) is 4.30. The number of benzene rings is 2. The van der Waals surface area contributed by atoms with Crippen LogP contribution in [0.4, 0.5) is 0 Å². The van der Waals surface area contributed by atoms with Gasteiger partial charge in [0.1, 0.15) is 18.5 Å². The number of halogens is 1. The average Bonchev–Trinajstić information content (AvgIpc) is 2.74. The Hall–Kier alpha value is -2.08. The minimum absolute atomic E-state index is 0.165. The molecular weight excluding hydrogens is 388 g/mol. The van der Waals surface area contributed by atoms with E-state index in [0.29, 0.717) is 17.3 Å². The quantitative estimate of drug-likeness (QED) is 0.788. The van der Waals surface area contributed by atoms with Crippen LogP contribution in [0, 0.1) is 0 Å². The maximum absolute atomic E-state index is 12.9. The average molecular weight is 415 g/mol. The van der Waals surface area contributed by atoms with Gasteiger partial charge in [0.15, 0.2) is 0 Å². The first-order valence-corrected chi connectivity index (χ1v) is 10.7. The zero-order valence-electron chi connectivity index (χ0n) is 16.5. The first-order chi connectivity index (χ1) is 14.1. The number of aliphatic hydroxyl groups is 1. The van der Waals surface area contributed by atoms with Gasteiger partial charge >= 0.3 is 0 Å². The number of likely N-dealkylation sites (tertiary alicyclic amines) is 1. The largest absolute Gasteiger partial charge is 0.489 e. The first-order valence-electron chi connectivity index (χ1n) is 10.3. The van der Waals surface area contributed by atoms with Crippen LogP contribution in [-0.4, -0.2) is 65.7 Å². The van der Waals surface area contributed by atoms with Gasteiger partial charge in [0.25, 0.3) is 5.91 Å². The number of amides is 1. The summed E-state index contributed by atoms with van der Waals surface area (Å²) in [6, 6.07) is 15.5. The summed E-state index contributed by atoms with van der Waals surface area (Å²) in [4.78, 5) is 17.2. The van der Waals surface area contributed by atoms with Crippen LogP contribution in [0.3, 0.4) is 0 Å². The van der Waals surface area contributed by atoms with Gasteiger partial charge in [0.2, 0.25) is 0 Å². The predicted octanol–water partition coefficient (Wildman–Crippen LogP) is 3.24. The molecule has 6 heteroatoms. The number of hydrogen-bond donors (Lipinski definition) is 1. The molecule has 1 unspecified atom stereocenters. The highest BCUT2D eigenvalue weighted by atomic mass is 35.5. The third kappa shape index (κ3) is 4.74. The van der Waals surface area contributed by atoms with Crippen molar-refractivity contribution in [2.24, 2.45) is 0 Å². The molecule has 2 aliphatic heterocycles. The predicted molar refractivity (Wildman–Crippen MR) is 114 cm³/mol. The van der Waals surface area contributed by atoms with Crippen molar-refractivity contribution < 1.29 is 14.6 Å². The van der Waals surface area contributed by atoms with Crippen LogP contribution in [0.15, 0.2) is 48.5 Å². The number of ether oxygens (including phenoxy) is 1. The summed E-state index contributed by atoms with van der Waals surface area (Å²) in [5.41, 5.74) is 2.01. The van der Waals surface area contributed by atoms with Gasteiger partial charge in [-0.2, -0.15) is 0 Å². The molecule has 0 radical (unpaired) electrons. The molecule has 4 rings (SSSR count). The highest BCUT2D eigenvalue weighted by Crippen LogP contribution is 2.26. The van der Waals surface area contributed by atoms with Crippen LogP contribution in [0.2, 0.25) is 5.02 Å². The van der Waals surface area contributed by atoms with Crippen molar-refractivity contribution in [3.63, 3.8) is 0 Å². The van der Waals surface area contributed by atoms with Gasteiger partial charge in [0, 0.05) is 37.8 Å². The molecule has 1 N–H and O–H groups in total. The Morgan fingerprint density at radius 1 is 1.07 bits per heavy atom. The lowest BCUT2D eigenvalue weighted by Crippen LogP contribution is -2.51. The van der Waals surface area contributed by atoms with Gasteiger partial charge in [-0.05, 0) is 43.0 Å². The van der Waals surface area contributed by atoms with E-state index in [1.165, 1.54) is 0 Å². The molecule has 0 aromatic heterocycles. The van der Waals surface area contributed by atoms with Gasteiger partial charge in [-0.1, -0.05) is 41.9 Å². The van der Waals surface area contributed by atoms with E-state index in [1.807, 2.05) is 30.3 Å². The molecule has 1 atom stereocenters. The molecule has 5 nitrogen and oxygen atoms in total. The van der Waals surface area contributed by atoms with Crippen LogP contribution in [-0.2, 0) is 6.42 Å². The summed E-state index contributed by atoms with van der Waals surface area (Å²) in [5, 5.41) is 10.9. The molecule has 0 saturated carbocycles. The molecule has 29 heavy (non-hydrogen) atoms. The van der Waals surface area contributed by atoms with Gasteiger partial charge in [-0.3, -0.25) is 4.79 Å². The van der Waals surface area contributed by atoms with Crippen LogP contribution in [0.5, 0.6) is 5.75 Å². The Labute approximate surface area is 176 Å². The fourth-order valence-corrected chi connectivity index (χ4v) is 4.49. The van der Waals surface area contributed by atoms with E-state index in [0.717, 1.165) is 50.0 Å². The molecule has 1 saturated heterocycles. The van der Waals surface area contributed by atoms with Crippen LogP contribution >= 0.6 is 11.6 Å². The molecule has 1 amide bonds. The van der Waals surface area contributed by atoms with Gasteiger partial charge < -0.3 is 19.6 Å². The molecule has 0 spiro atoms. The number of β-amino-alcohol motifs (C(OH)–C–C–N with tert-alkyl or cyclic N) is 1. The summed E-state index contributed by atoms with van der Waals surface area (Å²) in [6.07, 6.45) is 2.23. The summed E-state index contributed by atoms with van der Waals surface area (Å²) in [5.74, 6) is 0.759. The third-order valence-corrected chi connectivity index (χ3v) is 6.18. The zero-order chi connectivity index (χ0) is 20.2. The normalized spacial score (nSPS) is 19.1. The highest BCUT2D eigenvalue weighted by molar-refractivity contribution is 6.32. The minimum atomic E-state index is -0.577. The number of para-hydroxylation sites is 1. The maximum atomic E-state index is 12.9. The maximum Gasteiger partial charge on any atom is 0.254 e. The van der Waals surface area contributed by atoms with E-state index in [9.17, 15) is 9.90 Å². The van der Waals surface area contributed by atoms with E-state index in [-0.39, 0.29) is 18.6 Å². The number of rotatable bonds is 6. The monoisotopic (exact) mass is 414 g/mol. The molecule has 0 bridgehead atoms. The van der Waals surface area contributed by atoms with E-state index >= 15 is 0 Å². The Morgan fingerprint density at radius 2 is 1.79 bits per heavy atom. The van der Waals surface area contributed by atoms with Crippen molar-refractivity contribution >= 4 is 17.5 Å². The fraction of sp³-hybridized carbons (Fsp3) is 0.435. The molecule has 2 aliphatic rings. The van der Waals surface area contributed by atoms with Gasteiger partial charge in [0.05, 0.1) is 5.02 Å². The summed E-state index contributed by atoms with van der Waals surface area (Å²) in [7, 11) is 0. The number of piperidine rings is 1. The number of hydrogen-bond acceptors (Lipinski definition) is 4. The van der Waals surface area contributed by atoms with Crippen molar-refractivity contribution in [1.29, 1.82) is 0 Å². The molecule has 2 aromatic carbocycles. The SMILES string of the molecule is O=C1c2ccccc2CCN1C1CCN(CC(O)COc2ccccc2Cl)CC1. The molecule has 1 fully saturated rings. The Kier molecular flexibility index (Phi) is 6.38. The molecule has 2 aromatic rings. The van der Waals surface area contributed by atoms with Crippen molar-refractivity contribution in [1.82, 2.24) is 9.80 Å². The van der Waals surface area contributed by atoms with E-state index in [2.05, 4.69) is 15.9 Å². The second-order valence-corrected chi connectivity index (χ2v) is 8.24. The molecule has 0 aliphatic carbocycles. The zero-order valence-corrected chi connectivity index (χ0v) is 17.2. The van der Waals surface area contributed by atoms with Crippen LogP contribution < -0.4 is 4.74 Å². The lowest BCUT2D eigenvalue weighted by molar-refractivity contribution is 0.0374. The lowest BCUT2D eigenvalue weighted by atomic mass is 9.95. The van der Waals surface area contributed by atoms with E-state index in [4.69, 9.17) is 16.3 Å². The first kappa shape index (κ1) is 20.2. The lowest BCUT2D eigenvalue weighted by Gasteiger charge is -2.41. The van der Waals surface area contributed by atoms with Crippen LogP contribution in [0.1, 0.15) is 28.8 Å². The number of nitrogens with zero attached hydrogens (tertiary/aromatic N) is 2. The van der Waals surface area contributed by atoms with Gasteiger partial charge in [-0.25, -0.2) is 0 Å². The summed E-state index contributed by atoms with van der Waals surface area (Å²) < 4.78 is 5.64. The van der Waals surface area contributed by atoms with Gasteiger partial charge in [-0.15, -0.1) is 0 Å². The summed E-state index contributed by atoms with van der Waals surface area (Å²) in [6.45, 7) is 3.33. The van der Waals surface area contributed by atoms with Crippen molar-refractivity contribution in [3.8, 4) is 5.75 Å². The number of fused-ring (bicyclic) bond motifs is 1. The van der Waals surface area contributed by atoms with Crippen LogP contribution in [0.25, 0.3) is 0 Å². The second-order valence-electron chi connectivity index (χ2n) is 7.83. The topological polar surface area (TPSA) is 53.0 Å². The number of aliphatic hydroxyl groups excluding tert-OH is 1. The number of carbonyl (C=O) groups excluding carboxylic acids is 1. The van der Waals surface area contributed by atoms with E-state index in [1.54, 1.807) is 12.1 Å². The van der Waals surface area contributed by atoms with Crippen molar-refractivity contribution in [3.05, 3.63) is 64.7 Å². The molecular formula is C23H27ClN2O3. The Morgan fingerprint density at radius 3 is 2.59 bits per heavy atom. The molecule has 154 valence electrons. The third-order valence-electron chi connectivity index (χ3n) is 5.87. The Balaban J connectivity index is 1.24. The summed E-state index contributed by atoms with van der Waals surface area (Å²) >= 11 is 6.08. The number of carbonyl (C=O) groups is 1. The van der Waals surface area contributed by atoms with E-state index < -0.39 is 6.10 Å². The molecule has 2 heterocycles. The minimum Gasteiger partial charge on any atom is -0.489 e. The Bertz CT molecular complexity index is 852. The van der Waals surface area contributed by atoms with Crippen molar-refractivity contribution in [2.45, 2.75) is 31.4 Å². The second kappa shape index (κ2) is 9.16. The van der Waals surface area contributed by atoms with Crippen molar-refractivity contribution in [2.75, 3.05) is 32.8 Å².